The van der Waals surface area contributed by atoms with Crippen LogP contribution in [0.5, 0.6) is 0 Å². The molecule has 4 heteroatoms. The quantitative estimate of drug-likeness (QED) is 0.124. The van der Waals surface area contributed by atoms with Gasteiger partial charge in [0, 0.05) is 0 Å². The molecule has 0 nitrogen and oxygen atoms in total. The third-order valence-corrected chi connectivity index (χ3v) is 10.1. The van der Waals surface area contributed by atoms with E-state index in [1.165, 1.54) is 98.2 Å². The predicted octanol–water partition coefficient (Wildman–Crippen LogP) is 8.50. The van der Waals surface area contributed by atoms with E-state index in [2.05, 4.69) is 172 Å². The Labute approximate surface area is 343 Å². The number of fused-ring (bicyclic) bond motifs is 2. The Bertz CT molecular complexity index is 2040. The Kier molecular flexibility index (Phi) is 16.0. The minimum Gasteiger partial charge on any atom is -1.00 e. The van der Waals surface area contributed by atoms with E-state index in [0.29, 0.717) is 0 Å². The monoisotopic (exact) mass is 822 g/mol. The SMILES string of the molecule is CC(C)(C)c1ccc(-c2cccc3[cH-]c(C4CCCCC4)cc23)cc1.C[Si](C)=[Zr+2].Cc1cc(-c2ccc(C(C)(C)C)cc2)c2cc(C)[cH-]c2c1.[Cl-].[Cl-]. The zero-order valence-corrected chi connectivity index (χ0v) is 38.2. The summed E-state index contributed by atoms with van der Waals surface area (Å²) in [6.45, 7) is 22.6. The van der Waals surface area contributed by atoms with Gasteiger partial charge in [0.25, 0.3) is 0 Å². The van der Waals surface area contributed by atoms with Gasteiger partial charge in [-0.05, 0) is 58.8 Å². The molecule has 1 aliphatic carbocycles. The van der Waals surface area contributed by atoms with Gasteiger partial charge in [0.2, 0.25) is 0 Å². The first-order valence-corrected chi connectivity index (χ1v) is 24.9. The molecule has 0 radical (unpaired) electrons. The molecular weight excluding hydrogens is 767 g/mol. The fourth-order valence-corrected chi connectivity index (χ4v) is 7.34. The largest absolute Gasteiger partial charge is 1.00 e. The van der Waals surface area contributed by atoms with Gasteiger partial charge in [-0.2, -0.15) is 12.1 Å². The van der Waals surface area contributed by atoms with E-state index in [1.807, 2.05) is 0 Å². The average molecular weight is 825 g/mol. The normalized spacial score (nSPS) is 13.3. The van der Waals surface area contributed by atoms with E-state index in [0.717, 1.165) is 5.92 Å². The van der Waals surface area contributed by atoms with Crippen LogP contribution in [-0.2, 0) is 34.2 Å². The average Bonchev–Trinajstić information content (AvgIpc) is 3.67. The standard InChI is InChI=1S/C25H29.C21H23.C2H6Si.2ClH.Zr/c1-25(2,3)22-14-12-19(13-15-22)23-11-7-10-20-16-21(17-24(20)23)18-8-5-4-6-9-18;1-14-10-17-11-15(2)13-20(17)19(12-14)16-6-8-18(9-7-16)21(3,4)5;1-3-2;;;/h7,10-18H,4-6,8-9H2,1-3H3;6-13H,1-5H3;1-2H3;2*1H;/q2*-1;;;;+2/p-2. The van der Waals surface area contributed by atoms with Gasteiger partial charge in [-0.3, -0.25) is 0 Å². The van der Waals surface area contributed by atoms with Crippen LogP contribution in [0.25, 0.3) is 43.8 Å². The number of rotatable bonds is 3. The number of hydrogen-bond donors (Lipinski definition) is 0. The van der Waals surface area contributed by atoms with Crippen molar-refractivity contribution < 1.29 is 48.1 Å². The molecular formula is C48H58Cl2SiZr-2. The van der Waals surface area contributed by atoms with Gasteiger partial charge >= 0.3 is 41.9 Å². The molecule has 0 aromatic heterocycles. The van der Waals surface area contributed by atoms with Crippen LogP contribution in [-0.4, -0.2) is 5.43 Å². The first kappa shape index (κ1) is 44.2. The van der Waals surface area contributed by atoms with Crippen molar-refractivity contribution >= 4 is 27.0 Å². The first-order valence-electron chi connectivity index (χ1n) is 18.7. The summed E-state index contributed by atoms with van der Waals surface area (Å²) >= 11 is 1.74. The smallest absolute Gasteiger partial charge is 0.0132 e. The van der Waals surface area contributed by atoms with Crippen LogP contribution in [0.2, 0.25) is 13.1 Å². The van der Waals surface area contributed by atoms with Gasteiger partial charge in [0.15, 0.2) is 0 Å². The molecule has 52 heavy (non-hydrogen) atoms. The van der Waals surface area contributed by atoms with E-state index < -0.39 is 0 Å². The van der Waals surface area contributed by atoms with Gasteiger partial charge in [-0.25, -0.2) is 0 Å². The van der Waals surface area contributed by atoms with Crippen LogP contribution in [0.4, 0.5) is 0 Å². The minimum atomic E-state index is 0. The van der Waals surface area contributed by atoms with Crippen molar-refractivity contribution in [2.24, 2.45) is 0 Å². The summed E-state index contributed by atoms with van der Waals surface area (Å²) in [5.74, 6) is 0.775. The second kappa shape index (κ2) is 18.9. The Hall–Kier alpha value is -2.22. The van der Waals surface area contributed by atoms with E-state index in [1.54, 1.807) is 28.9 Å². The van der Waals surface area contributed by atoms with Crippen molar-refractivity contribution in [3.63, 3.8) is 0 Å². The van der Waals surface area contributed by atoms with Gasteiger partial charge in [-0.15, -0.1) is 63.0 Å². The molecule has 1 fully saturated rings. The molecule has 0 saturated heterocycles. The van der Waals surface area contributed by atoms with Crippen LogP contribution >= 0.6 is 0 Å². The summed E-state index contributed by atoms with van der Waals surface area (Å²) in [6, 6.07) is 39.0. The molecule has 0 unspecified atom stereocenters. The van der Waals surface area contributed by atoms with Gasteiger partial charge in [0.1, 0.15) is 0 Å². The number of halogens is 2. The number of hydrogen-bond acceptors (Lipinski definition) is 0. The van der Waals surface area contributed by atoms with Crippen LogP contribution in [0.15, 0.2) is 103 Å². The van der Waals surface area contributed by atoms with Crippen LogP contribution < -0.4 is 24.8 Å². The third-order valence-electron chi connectivity index (χ3n) is 10.1. The molecule has 274 valence electrons. The summed E-state index contributed by atoms with van der Waals surface area (Å²) < 4.78 is 0. The van der Waals surface area contributed by atoms with Gasteiger partial charge < -0.3 is 24.8 Å². The summed E-state index contributed by atoms with van der Waals surface area (Å²) in [6.07, 6.45) is 6.95. The third kappa shape index (κ3) is 11.4. The zero-order valence-electron chi connectivity index (χ0n) is 33.2. The van der Waals surface area contributed by atoms with E-state index in [4.69, 9.17) is 0 Å². The first-order chi connectivity index (χ1) is 23.6. The predicted molar refractivity (Wildman–Crippen MR) is 220 cm³/mol. The van der Waals surface area contributed by atoms with Crippen molar-refractivity contribution in [2.75, 3.05) is 0 Å². The minimum absolute atomic E-state index is 0. The maximum Gasteiger partial charge on any atom is -0.0132 e. The summed E-state index contributed by atoms with van der Waals surface area (Å²) in [5, 5.41) is 5.54. The molecule has 0 bridgehead atoms. The van der Waals surface area contributed by atoms with Crippen molar-refractivity contribution in [1.82, 2.24) is 0 Å². The van der Waals surface area contributed by atoms with Crippen LogP contribution in [0, 0.1) is 13.8 Å². The number of aryl methyl sites for hydroxylation is 2. The molecule has 0 amide bonds. The van der Waals surface area contributed by atoms with Crippen LogP contribution in [0.1, 0.15) is 107 Å². The zero-order chi connectivity index (χ0) is 36.2. The molecule has 0 heterocycles. The summed E-state index contributed by atoms with van der Waals surface area (Å²) in [4.78, 5) is 0. The molecule has 0 spiro atoms. The Balaban J connectivity index is 0.000000249. The summed E-state index contributed by atoms with van der Waals surface area (Å²) in [7, 11) is 0. The number of benzene rings is 4. The van der Waals surface area contributed by atoms with Crippen molar-refractivity contribution in [3.8, 4) is 22.3 Å². The molecule has 6 aromatic rings. The molecule has 0 aliphatic heterocycles. The topological polar surface area (TPSA) is 0 Å². The van der Waals surface area contributed by atoms with Crippen molar-refractivity contribution in [3.05, 3.63) is 131 Å². The maximum atomic E-state index is 2.47. The van der Waals surface area contributed by atoms with E-state index in [-0.39, 0.29) is 41.1 Å². The molecule has 7 rings (SSSR count). The van der Waals surface area contributed by atoms with Gasteiger partial charge in [-0.1, -0.05) is 145 Å². The fraction of sp³-hybridized carbons (Fsp3) is 0.375. The second-order valence-corrected chi connectivity index (χ2v) is 26.3. The fourth-order valence-electron chi connectivity index (χ4n) is 7.34. The second-order valence-electron chi connectivity index (χ2n) is 16.9. The van der Waals surface area contributed by atoms with Gasteiger partial charge in [0.05, 0.1) is 0 Å². The Morgan fingerprint density at radius 1 is 0.596 bits per heavy atom. The molecule has 0 N–H and O–H groups in total. The van der Waals surface area contributed by atoms with Crippen molar-refractivity contribution in [2.45, 2.75) is 117 Å². The molecule has 6 aromatic carbocycles. The maximum absolute atomic E-state index is 2.47. The molecule has 0 atom stereocenters. The van der Waals surface area contributed by atoms with Crippen LogP contribution in [0.3, 0.4) is 0 Å². The Morgan fingerprint density at radius 2 is 1.10 bits per heavy atom. The Morgan fingerprint density at radius 3 is 1.62 bits per heavy atom. The van der Waals surface area contributed by atoms with E-state index in [9.17, 15) is 0 Å². The van der Waals surface area contributed by atoms with Crippen molar-refractivity contribution in [1.29, 1.82) is 0 Å². The molecule has 1 aliphatic rings. The molecule has 1 saturated carbocycles. The summed E-state index contributed by atoms with van der Waals surface area (Å²) in [5.41, 5.74) is 13.0. The van der Waals surface area contributed by atoms with E-state index >= 15 is 0 Å².